The molecule has 3 heterocycles. The lowest BCUT2D eigenvalue weighted by Gasteiger charge is -2.34. The van der Waals surface area contributed by atoms with Crippen LogP contribution in [0.2, 0.25) is 0 Å². The van der Waals surface area contributed by atoms with Gasteiger partial charge in [0.25, 0.3) is 5.91 Å². The number of thiophene rings is 1. The van der Waals surface area contributed by atoms with Crippen LogP contribution < -0.4 is 10.6 Å². The van der Waals surface area contributed by atoms with Crippen molar-refractivity contribution in [2.75, 3.05) is 25.0 Å². The van der Waals surface area contributed by atoms with Crippen molar-refractivity contribution in [2.24, 2.45) is 11.8 Å². The van der Waals surface area contributed by atoms with Crippen molar-refractivity contribution >= 4 is 39.6 Å². The lowest BCUT2D eigenvalue weighted by atomic mass is 9.92. The molecule has 2 aromatic heterocycles. The minimum Gasteiger partial charge on any atom is -0.352 e. The van der Waals surface area contributed by atoms with Gasteiger partial charge in [-0.1, -0.05) is 13.8 Å². The molecule has 2 amide bonds. The van der Waals surface area contributed by atoms with Gasteiger partial charge in [0.2, 0.25) is 5.91 Å². The number of rotatable bonds is 8. The fraction of sp³-hybridized carbons (Fsp3) is 0.550. The molecular weight excluding hydrogens is 392 g/mol. The zero-order valence-electron chi connectivity index (χ0n) is 16.4. The molecule has 8 heteroatoms. The number of aromatic nitrogens is 1. The molecule has 1 aliphatic rings. The van der Waals surface area contributed by atoms with Gasteiger partial charge in [-0.3, -0.25) is 14.5 Å². The van der Waals surface area contributed by atoms with Crippen LogP contribution in [0.4, 0.5) is 5.13 Å². The van der Waals surface area contributed by atoms with Crippen molar-refractivity contribution in [3.63, 3.8) is 0 Å². The summed E-state index contributed by atoms with van der Waals surface area (Å²) < 4.78 is 0. The topological polar surface area (TPSA) is 74.3 Å². The van der Waals surface area contributed by atoms with Crippen molar-refractivity contribution in [3.8, 4) is 0 Å². The van der Waals surface area contributed by atoms with E-state index in [4.69, 9.17) is 0 Å². The van der Waals surface area contributed by atoms with Gasteiger partial charge in [0.1, 0.15) is 0 Å². The number of carbonyl (C=O) groups excluding carboxylic acids is 2. The average molecular weight is 421 g/mol. The number of carbonyl (C=O) groups is 2. The Morgan fingerprint density at radius 3 is 2.75 bits per heavy atom. The highest BCUT2D eigenvalue weighted by Crippen LogP contribution is 2.24. The Balaban J connectivity index is 1.36. The molecule has 152 valence electrons. The highest BCUT2D eigenvalue weighted by molar-refractivity contribution is 7.13. The Morgan fingerprint density at radius 1 is 1.25 bits per heavy atom. The summed E-state index contributed by atoms with van der Waals surface area (Å²) in [5, 5.41) is 12.1. The zero-order valence-corrected chi connectivity index (χ0v) is 18.1. The fourth-order valence-electron chi connectivity index (χ4n) is 3.72. The molecule has 1 fully saturated rings. The Labute approximate surface area is 174 Å². The van der Waals surface area contributed by atoms with Crippen molar-refractivity contribution in [1.82, 2.24) is 15.2 Å². The predicted octanol–water partition coefficient (Wildman–Crippen LogP) is 3.83. The van der Waals surface area contributed by atoms with E-state index in [9.17, 15) is 9.59 Å². The summed E-state index contributed by atoms with van der Waals surface area (Å²) in [5.74, 6) is 1.29. The van der Waals surface area contributed by atoms with Crippen LogP contribution in [0.15, 0.2) is 22.2 Å². The van der Waals surface area contributed by atoms with Crippen LogP contribution in [0.1, 0.15) is 49.2 Å². The molecule has 0 aliphatic carbocycles. The Hall–Kier alpha value is -1.77. The summed E-state index contributed by atoms with van der Waals surface area (Å²) in [6, 6.07) is 1.79. The van der Waals surface area contributed by atoms with E-state index in [1.165, 1.54) is 29.1 Å². The van der Waals surface area contributed by atoms with Crippen LogP contribution >= 0.6 is 22.7 Å². The molecule has 0 aromatic carbocycles. The van der Waals surface area contributed by atoms with Crippen LogP contribution in [0, 0.1) is 11.8 Å². The maximum absolute atomic E-state index is 12.1. The third kappa shape index (κ3) is 6.39. The monoisotopic (exact) mass is 420 g/mol. The molecule has 2 aromatic rings. The Bertz CT molecular complexity index is 765. The molecular formula is C20H28N4O2S2. The molecule has 0 radical (unpaired) electrons. The summed E-state index contributed by atoms with van der Waals surface area (Å²) in [6.45, 7) is 8.16. The molecule has 2 atom stereocenters. The standard InChI is InChI=1S/C20H28N4O2S2/c1-14-8-15(2)10-24(9-14)11-17-13-28-20(22-17)23-18(25)4-3-6-21-19(26)16-5-7-27-12-16/h5,7,12-15H,3-4,6,8-11H2,1-2H3,(H,21,26)(H,22,23,25). The molecule has 1 aliphatic heterocycles. The largest absolute Gasteiger partial charge is 0.352 e. The number of hydrogen-bond acceptors (Lipinski definition) is 6. The van der Waals surface area contributed by atoms with Gasteiger partial charge in [-0.2, -0.15) is 11.3 Å². The number of thiazole rings is 1. The van der Waals surface area contributed by atoms with E-state index in [-0.39, 0.29) is 11.8 Å². The van der Waals surface area contributed by atoms with Crippen molar-refractivity contribution in [2.45, 2.75) is 39.7 Å². The first-order valence-electron chi connectivity index (χ1n) is 9.76. The van der Waals surface area contributed by atoms with Crippen LogP contribution in [0.3, 0.4) is 0 Å². The third-order valence-corrected chi connectivity index (χ3v) is 6.27. The zero-order chi connectivity index (χ0) is 19.9. The van der Waals surface area contributed by atoms with E-state index in [2.05, 4.69) is 34.4 Å². The average Bonchev–Trinajstić information content (AvgIpc) is 3.30. The second-order valence-corrected chi connectivity index (χ2v) is 9.34. The van der Waals surface area contributed by atoms with Gasteiger partial charge in [0, 0.05) is 48.9 Å². The predicted molar refractivity (Wildman–Crippen MR) is 115 cm³/mol. The molecule has 1 saturated heterocycles. The Morgan fingerprint density at radius 2 is 2.04 bits per heavy atom. The molecule has 2 unspecified atom stereocenters. The first-order valence-corrected chi connectivity index (χ1v) is 11.6. The molecule has 6 nitrogen and oxygen atoms in total. The molecule has 2 N–H and O–H groups in total. The highest BCUT2D eigenvalue weighted by atomic mass is 32.1. The van der Waals surface area contributed by atoms with Crippen LogP contribution in [-0.4, -0.2) is 41.3 Å². The van der Waals surface area contributed by atoms with Crippen LogP contribution in [0.5, 0.6) is 0 Å². The van der Waals surface area contributed by atoms with E-state index >= 15 is 0 Å². The SMILES string of the molecule is CC1CC(C)CN(Cc2csc(NC(=O)CCCNC(=O)c3ccsc3)n2)C1. The second kappa shape index (κ2) is 10.1. The third-order valence-electron chi connectivity index (χ3n) is 4.78. The lowest BCUT2D eigenvalue weighted by molar-refractivity contribution is -0.116. The normalized spacial score (nSPS) is 20.1. The quantitative estimate of drug-likeness (QED) is 0.637. The summed E-state index contributed by atoms with van der Waals surface area (Å²) in [7, 11) is 0. The van der Waals surface area contributed by atoms with Crippen molar-refractivity contribution < 1.29 is 9.59 Å². The van der Waals surface area contributed by atoms with Crippen molar-refractivity contribution in [3.05, 3.63) is 33.5 Å². The number of amides is 2. The number of nitrogens with one attached hydrogen (secondary N) is 2. The minimum atomic E-state index is -0.0902. The minimum absolute atomic E-state index is 0.0640. The van der Waals surface area contributed by atoms with E-state index in [0.29, 0.717) is 30.1 Å². The van der Waals surface area contributed by atoms with Gasteiger partial charge < -0.3 is 10.6 Å². The van der Waals surface area contributed by atoms with Crippen molar-refractivity contribution in [1.29, 1.82) is 0 Å². The van der Waals surface area contributed by atoms with Gasteiger partial charge in [-0.25, -0.2) is 4.98 Å². The lowest BCUT2D eigenvalue weighted by Crippen LogP contribution is -2.38. The summed E-state index contributed by atoms with van der Waals surface area (Å²) in [4.78, 5) is 31.0. The van der Waals surface area contributed by atoms with Gasteiger partial charge >= 0.3 is 0 Å². The van der Waals surface area contributed by atoms with E-state index in [1.54, 1.807) is 6.07 Å². The first-order chi connectivity index (χ1) is 13.5. The van der Waals surface area contributed by atoms with Gasteiger partial charge in [0.15, 0.2) is 5.13 Å². The number of anilines is 1. The molecule has 0 spiro atoms. The summed E-state index contributed by atoms with van der Waals surface area (Å²) in [6.07, 6.45) is 2.26. The number of likely N-dealkylation sites (tertiary alicyclic amines) is 1. The highest BCUT2D eigenvalue weighted by Gasteiger charge is 2.22. The van der Waals surface area contributed by atoms with E-state index in [1.807, 2.05) is 16.1 Å². The van der Waals surface area contributed by atoms with Gasteiger partial charge in [0.05, 0.1) is 5.69 Å². The molecule has 0 bridgehead atoms. The Kier molecular flexibility index (Phi) is 7.58. The maximum Gasteiger partial charge on any atom is 0.252 e. The van der Waals surface area contributed by atoms with Crippen LogP contribution in [0.25, 0.3) is 0 Å². The number of hydrogen-bond donors (Lipinski definition) is 2. The molecule has 3 rings (SSSR count). The maximum atomic E-state index is 12.1. The summed E-state index contributed by atoms with van der Waals surface area (Å²) >= 11 is 2.96. The van der Waals surface area contributed by atoms with E-state index < -0.39 is 0 Å². The smallest absolute Gasteiger partial charge is 0.252 e. The van der Waals surface area contributed by atoms with Gasteiger partial charge in [-0.15, -0.1) is 11.3 Å². The number of piperidine rings is 1. The number of nitrogens with zero attached hydrogens (tertiary/aromatic N) is 2. The van der Waals surface area contributed by atoms with Crippen LogP contribution in [-0.2, 0) is 11.3 Å². The molecule has 28 heavy (non-hydrogen) atoms. The molecule has 0 saturated carbocycles. The fourth-order valence-corrected chi connectivity index (χ4v) is 5.07. The second-order valence-electron chi connectivity index (χ2n) is 7.70. The first kappa shape index (κ1) is 21.0. The summed E-state index contributed by atoms with van der Waals surface area (Å²) in [5.41, 5.74) is 1.69. The van der Waals surface area contributed by atoms with E-state index in [0.717, 1.165) is 37.2 Å². The van der Waals surface area contributed by atoms with Gasteiger partial charge in [-0.05, 0) is 36.1 Å².